The second-order valence-corrected chi connectivity index (χ2v) is 7.27. The third-order valence-electron chi connectivity index (χ3n) is 3.90. The summed E-state index contributed by atoms with van der Waals surface area (Å²) in [6.45, 7) is 1.78. The fourth-order valence-electron chi connectivity index (χ4n) is 2.59. The van der Waals surface area contributed by atoms with Crippen LogP contribution in [0.5, 0.6) is 0 Å². The Morgan fingerprint density at radius 3 is 2.21 bits per heavy atom. The Morgan fingerprint density at radius 2 is 1.67 bits per heavy atom. The summed E-state index contributed by atoms with van der Waals surface area (Å²) < 4.78 is 26.7. The van der Waals surface area contributed by atoms with E-state index in [0.717, 1.165) is 5.82 Å². The van der Waals surface area contributed by atoms with Gasteiger partial charge in [0, 0.05) is 44.5 Å². The minimum atomic E-state index is -3.65. The van der Waals surface area contributed by atoms with Gasteiger partial charge in [0.2, 0.25) is 10.0 Å². The zero-order valence-corrected chi connectivity index (χ0v) is 13.6. The highest BCUT2D eigenvalue weighted by atomic mass is 32.2. The number of benzene rings is 1. The standard InChI is InChI=1S/C15H16N4O4S/c20-19(21)13-4-6-14(7-5-13)24(22,23)18-11-9-17(10-12-18)15-3-1-2-8-16-15/h1-8H,9-12H2. The minimum Gasteiger partial charge on any atom is -0.354 e. The largest absolute Gasteiger partial charge is 0.354 e. The minimum absolute atomic E-state index is 0.0689. The van der Waals surface area contributed by atoms with Gasteiger partial charge in [0.05, 0.1) is 9.82 Å². The first kappa shape index (κ1) is 16.3. The highest BCUT2D eigenvalue weighted by Crippen LogP contribution is 2.22. The van der Waals surface area contributed by atoms with Crippen molar-refractivity contribution < 1.29 is 13.3 Å². The Balaban J connectivity index is 1.72. The van der Waals surface area contributed by atoms with Crippen LogP contribution in [-0.4, -0.2) is 48.8 Å². The number of anilines is 1. The van der Waals surface area contributed by atoms with Crippen LogP contribution in [0.25, 0.3) is 0 Å². The Bertz CT molecular complexity index is 816. The van der Waals surface area contributed by atoms with E-state index in [2.05, 4.69) is 4.98 Å². The zero-order chi connectivity index (χ0) is 17.2. The lowest BCUT2D eigenvalue weighted by atomic mass is 10.3. The molecule has 0 unspecified atom stereocenters. The molecule has 0 atom stereocenters. The fraction of sp³-hybridized carbons (Fsp3) is 0.267. The monoisotopic (exact) mass is 348 g/mol. The number of nitrogens with zero attached hydrogens (tertiary/aromatic N) is 4. The SMILES string of the molecule is O=[N+]([O-])c1ccc(S(=O)(=O)N2CCN(c3ccccn3)CC2)cc1. The molecule has 0 radical (unpaired) electrons. The summed E-state index contributed by atoms with van der Waals surface area (Å²) in [4.78, 5) is 16.5. The van der Waals surface area contributed by atoms with Gasteiger partial charge in [-0.05, 0) is 24.3 Å². The van der Waals surface area contributed by atoms with Crippen LogP contribution >= 0.6 is 0 Å². The van der Waals surface area contributed by atoms with Crippen molar-refractivity contribution in [2.75, 3.05) is 31.1 Å². The van der Waals surface area contributed by atoms with Crippen molar-refractivity contribution in [1.82, 2.24) is 9.29 Å². The fourth-order valence-corrected chi connectivity index (χ4v) is 4.01. The summed E-state index contributed by atoms with van der Waals surface area (Å²) >= 11 is 0. The van der Waals surface area contributed by atoms with E-state index in [1.54, 1.807) is 6.20 Å². The van der Waals surface area contributed by atoms with Crippen LogP contribution in [0.3, 0.4) is 0 Å². The number of hydrogen-bond acceptors (Lipinski definition) is 6. The molecule has 0 N–H and O–H groups in total. The molecule has 126 valence electrons. The molecule has 0 spiro atoms. The van der Waals surface area contributed by atoms with Crippen molar-refractivity contribution in [3.05, 3.63) is 58.8 Å². The maximum Gasteiger partial charge on any atom is 0.269 e. The van der Waals surface area contributed by atoms with Gasteiger partial charge in [-0.3, -0.25) is 10.1 Å². The van der Waals surface area contributed by atoms with Gasteiger partial charge >= 0.3 is 0 Å². The van der Waals surface area contributed by atoms with E-state index in [9.17, 15) is 18.5 Å². The van der Waals surface area contributed by atoms with Gasteiger partial charge in [0.25, 0.3) is 5.69 Å². The number of nitro benzene ring substituents is 1. The van der Waals surface area contributed by atoms with Crippen molar-refractivity contribution >= 4 is 21.5 Å². The number of rotatable bonds is 4. The van der Waals surface area contributed by atoms with Crippen LogP contribution in [0.15, 0.2) is 53.6 Å². The molecule has 24 heavy (non-hydrogen) atoms. The van der Waals surface area contributed by atoms with Crippen molar-refractivity contribution in [3.63, 3.8) is 0 Å². The summed E-state index contributed by atoms with van der Waals surface area (Å²) in [6.07, 6.45) is 1.70. The third kappa shape index (κ3) is 3.22. The van der Waals surface area contributed by atoms with E-state index < -0.39 is 14.9 Å². The van der Waals surface area contributed by atoms with Crippen molar-refractivity contribution in [2.24, 2.45) is 0 Å². The number of hydrogen-bond donors (Lipinski definition) is 0. The molecule has 2 heterocycles. The second kappa shape index (κ2) is 6.54. The molecular weight excluding hydrogens is 332 g/mol. The van der Waals surface area contributed by atoms with Gasteiger partial charge in [0.15, 0.2) is 0 Å². The van der Waals surface area contributed by atoms with Crippen LogP contribution in [-0.2, 0) is 10.0 Å². The molecule has 0 saturated carbocycles. The van der Waals surface area contributed by atoms with Crippen LogP contribution in [0, 0.1) is 10.1 Å². The van der Waals surface area contributed by atoms with Crippen LogP contribution in [0.2, 0.25) is 0 Å². The molecule has 1 aliphatic heterocycles. The first-order valence-corrected chi connectivity index (χ1v) is 8.83. The lowest BCUT2D eigenvalue weighted by Gasteiger charge is -2.34. The molecule has 1 fully saturated rings. The maximum atomic E-state index is 12.6. The number of pyridine rings is 1. The normalized spacial score (nSPS) is 16.1. The number of sulfonamides is 1. The van der Waals surface area contributed by atoms with E-state index in [1.807, 2.05) is 23.1 Å². The summed E-state index contributed by atoms with van der Waals surface area (Å²) in [5.41, 5.74) is -0.131. The molecule has 0 bridgehead atoms. The Hall–Kier alpha value is -2.52. The second-order valence-electron chi connectivity index (χ2n) is 5.33. The smallest absolute Gasteiger partial charge is 0.269 e. The van der Waals surface area contributed by atoms with Crippen molar-refractivity contribution in [3.8, 4) is 0 Å². The molecule has 1 saturated heterocycles. The molecule has 8 nitrogen and oxygen atoms in total. The molecule has 0 amide bonds. The predicted molar refractivity (Wildman–Crippen MR) is 88.3 cm³/mol. The van der Waals surface area contributed by atoms with Gasteiger partial charge < -0.3 is 4.90 Å². The lowest BCUT2D eigenvalue weighted by molar-refractivity contribution is -0.384. The number of non-ortho nitro benzene ring substituents is 1. The summed E-state index contributed by atoms with van der Waals surface area (Å²) in [6, 6.07) is 10.6. The van der Waals surface area contributed by atoms with Crippen LogP contribution in [0.1, 0.15) is 0 Å². The van der Waals surface area contributed by atoms with E-state index in [4.69, 9.17) is 0 Å². The Labute approximate surface area is 139 Å². The van der Waals surface area contributed by atoms with Crippen molar-refractivity contribution in [1.29, 1.82) is 0 Å². The summed E-state index contributed by atoms with van der Waals surface area (Å²) in [7, 11) is -3.65. The summed E-state index contributed by atoms with van der Waals surface area (Å²) in [5, 5.41) is 10.7. The number of nitro groups is 1. The van der Waals surface area contributed by atoms with E-state index in [-0.39, 0.29) is 10.6 Å². The molecule has 9 heteroatoms. The topological polar surface area (TPSA) is 96.6 Å². The molecule has 3 rings (SSSR count). The van der Waals surface area contributed by atoms with Gasteiger partial charge in [-0.1, -0.05) is 6.07 Å². The number of aromatic nitrogens is 1. The molecule has 1 aliphatic rings. The number of piperazine rings is 1. The average molecular weight is 348 g/mol. The van der Waals surface area contributed by atoms with Gasteiger partial charge in [-0.25, -0.2) is 13.4 Å². The highest BCUT2D eigenvalue weighted by molar-refractivity contribution is 7.89. The summed E-state index contributed by atoms with van der Waals surface area (Å²) in [5.74, 6) is 0.824. The third-order valence-corrected chi connectivity index (χ3v) is 5.81. The predicted octanol–water partition coefficient (Wildman–Crippen LogP) is 1.50. The van der Waals surface area contributed by atoms with Crippen LogP contribution < -0.4 is 4.90 Å². The average Bonchev–Trinajstić information content (AvgIpc) is 2.62. The van der Waals surface area contributed by atoms with Crippen LogP contribution in [0.4, 0.5) is 11.5 Å². The van der Waals surface area contributed by atoms with Gasteiger partial charge in [-0.15, -0.1) is 0 Å². The zero-order valence-electron chi connectivity index (χ0n) is 12.8. The van der Waals surface area contributed by atoms with E-state index >= 15 is 0 Å². The Kier molecular flexibility index (Phi) is 4.45. The maximum absolute atomic E-state index is 12.6. The molecule has 0 aliphatic carbocycles. The molecule has 1 aromatic heterocycles. The highest BCUT2D eigenvalue weighted by Gasteiger charge is 2.29. The quantitative estimate of drug-likeness (QED) is 0.614. The Morgan fingerprint density at radius 1 is 1.00 bits per heavy atom. The lowest BCUT2D eigenvalue weighted by Crippen LogP contribution is -2.48. The van der Waals surface area contributed by atoms with Gasteiger partial charge in [0.1, 0.15) is 5.82 Å². The first-order chi connectivity index (χ1) is 11.5. The molecular formula is C15H16N4O4S. The van der Waals surface area contributed by atoms with Crippen molar-refractivity contribution in [2.45, 2.75) is 4.90 Å². The van der Waals surface area contributed by atoms with E-state index in [1.165, 1.54) is 28.6 Å². The molecule has 2 aromatic rings. The molecule has 1 aromatic carbocycles. The first-order valence-electron chi connectivity index (χ1n) is 7.39. The van der Waals surface area contributed by atoms with E-state index in [0.29, 0.717) is 26.2 Å². The van der Waals surface area contributed by atoms with Gasteiger partial charge in [-0.2, -0.15) is 4.31 Å².